The molecule has 0 aliphatic heterocycles. The van der Waals surface area contributed by atoms with E-state index in [2.05, 4.69) is 20.3 Å². The molecular formula is C20H22N6O4. The number of aliphatic hydroxyl groups is 1. The Morgan fingerprint density at radius 2 is 2.07 bits per heavy atom. The second-order valence-electron chi connectivity index (χ2n) is 7.15. The number of carbonyl (C=O) groups excluding carboxylic acids is 1. The Hall–Kier alpha value is -3.50. The second-order valence-corrected chi connectivity index (χ2v) is 7.15. The number of nitrogens with one attached hydrogen (secondary N) is 2. The molecule has 0 atom stereocenters. The Bertz CT molecular complexity index is 1250. The average molecular weight is 410 g/mol. The number of H-pyrrole nitrogens is 1. The molecule has 0 bridgehead atoms. The number of fused-ring (bicyclic) bond motifs is 2. The molecule has 1 amide bonds. The van der Waals surface area contributed by atoms with E-state index in [0.29, 0.717) is 22.8 Å². The van der Waals surface area contributed by atoms with Gasteiger partial charge in [0.2, 0.25) is 11.7 Å². The fourth-order valence-electron chi connectivity index (χ4n) is 2.99. The number of anilines is 1. The van der Waals surface area contributed by atoms with Crippen LogP contribution in [0.4, 0.5) is 5.69 Å². The van der Waals surface area contributed by atoms with Crippen molar-refractivity contribution in [3.8, 4) is 11.3 Å². The van der Waals surface area contributed by atoms with Crippen LogP contribution < -0.4 is 10.9 Å². The number of nitrogens with zero attached hydrogens (tertiary/aromatic N) is 4. The number of ether oxygens (including phenoxy) is 1. The van der Waals surface area contributed by atoms with Gasteiger partial charge >= 0.3 is 0 Å². The number of benzene rings is 1. The van der Waals surface area contributed by atoms with Gasteiger partial charge < -0.3 is 20.1 Å². The van der Waals surface area contributed by atoms with Gasteiger partial charge in [0.05, 0.1) is 25.2 Å². The van der Waals surface area contributed by atoms with Gasteiger partial charge in [-0.15, -0.1) is 0 Å². The van der Waals surface area contributed by atoms with E-state index in [1.54, 1.807) is 10.8 Å². The van der Waals surface area contributed by atoms with Crippen molar-refractivity contribution in [2.45, 2.75) is 20.6 Å². The van der Waals surface area contributed by atoms with Crippen molar-refractivity contribution >= 4 is 28.5 Å². The van der Waals surface area contributed by atoms with E-state index in [4.69, 9.17) is 9.84 Å². The van der Waals surface area contributed by atoms with Gasteiger partial charge in [-0.2, -0.15) is 4.98 Å². The number of amides is 1. The standard InChI is InChI=1S/C20H22N6O4/c1-12(2)18(28)22-14-5-3-13(4-6-14)15-9-26-19(29)16-17(24-20(26)23-15)25(10-21-16)11-30-8-7-27/h3-6,9-10,12,27H,7-8,11H2,1-2H3,(H,22,28)(H,23,24). The van der Waals surface area contributed by atoms with Crippen molar-refractivity contribution in [1.29, 1.82) is 0 Å². The Balaban J connectivity index is 1.66. The van der Waals surface area contributed by atoms with Gasteiger partial charge in [-0.3, -0.25) is 14.2 Å². The normalized spacial score (nSPS) is 11.6. The Morgan fingerprint density at radius 3 is 2.77 bits per heavy atom. The first-order valence-electron chi connectivity index (χ1n) is 9.54. The molecule has 0 saturated carbocycles. The van der Waals surface area contributed by atoms with E-state index in [1.165, 1.54) is 10.7 Å². The molecule has 1 aromatic carbocycles. The first-order chi connectivity index (χ1) is 14.5. The molecule has 0 spiro atoms. The number of hydrogen-bond donors (Lipinski definition) is 3. The molecule has 10 nitrogen and oxygen atoms in total. The predicted molar refractivity (Wildman–Crippen MR) is 111 cm³/mol. The topological polar surface area (TPSA) is 127 Å². The summed E-state index contributed by atoms with van der Waals surface area (Å²) in [5.74, 6) is 0.227. The van der Waals surface area contributed by atoms with Crippen molar-refractivity contribution in [1.82, 2.24) is 23.9 Å². The minimum Gasteiger partial charge on any atom is -0.394 e. The maximum Gasteiger partial charge on any atom is 0.287 e. The van der Waals surface area contributed by atoms with E-state index in [9.17, 15) is 9.59 Å². The van der Waals surface area contributed by atoms with Crippen LogP contribution in [-0.2, 0) is 16.3 Å². The Labute approximate surface area is 171 Å². The first kappa shape index (κ1) is 19.8. The fraction of sp³-hybridized carbons (Fsp3) is 0.300. The molecule has 0 fully saturated rings. The van der Waals surface area contributed by atoms with Crippen molar-refractivity contribution in [3.05, 3.63) is 47.1 Å². The Kier molecular flexibility index (Phi) is 5.34. The quantitative estimate of drug-likeness (QED) is 0.397. The highest BCUT2D eigenvalue weighted by molar-refractivity contribution is 5.92. The van der Waals surface area contributed by atoms with E-state index in [1.807, 2.05) is 38.1 Å². The van der Waals surface area contributed by atoms with Crippen LogP contribution in [0.3, 0.4) is 0 Å². The zero-order chi connectivity index (χ0) is 21.3. The minimum absolute atomic E-state index is 0.0493. The van der Waals surface area contributed by atoms with Crippen LogP contribution in [0.25, 0.3) is 28.2 Å². The van der Waals surface area contributed by atoms with E-state index < -0.39 is 0 Å². The largest absolute Gasteiger partial charge is 0.394 e. The zero-order valence-electron chi connectivity index (χ0n) is 16.6. The third-order valence-corrected chi connectivity index (χ3v) is 4.63. The highest BCUT2D eigenvalue weighted by atomic mass is 16.5. The lowest BCUT2D eigenvalue weighted by atomic mass is 10.1. The molecule has 4 aromatic rings. The van der Waals surface area contributed by atoms with Crippen LogP contribution in [0.1, 0.15) is 13.8 Å². The molecule has 156 valence electrons. The van der Waals surface area contributed by atoms with Gasteiger partial charge in [0, 0.05) is 17.8 Å². The number of aromatic amines is 1. The molecule has 4 rings (SSSR count). The van der Waals surface area contributed by atoms with E-state index in [0.717, 1.165) is 5.56 Å². The summed E-state index contributed by atoms with van der Waals surface area (Å²) in [4.78, 5) is 36.5. The SMILES string of the molecule is CC(C)C(=O)Nc1ccc(-c2cn3c(=O)c4ncn(COCCO)c4nc3[nH]2)cc1. The first-order valence-corrected chi connectivity index (χ1v) is 9.54. The molecule has 0 radical (unpaired) electrons. The summed E-state index contributed by atoms with van der Waals surface area (Å²) in [5, 5.41) is 11.7. The third-order valence-electron chi connectivity index (χ3n) is 4.63. The lowest BCUT2D eigenvalue weighted by molar-refractivity contribution is -0.118. The van der Waals surface area contributed by atoms with Gasteiger partial charge in [0.15, 0.2) is 11.2 Å². The van der Waals surface area contributed by atoms with Crippen molar-refractivity contribution in [2.75, 3.05) is 18.5 Å². The molecule has 0 aliphatic rings. The van der Waals surface area contributed by atoms with Crippen LogP contribution in [0, 0.1) is 5.92 Å². The maximum absolute atomic E-state index is 12.8. The van der Waals surface area contributed by atoms with Crippen LogP contribution in [0.15, 0.2) is 41.6 Å². The molecule has 0 saturated heterocycles. The number of imidazole rings is 2. The van der Waals surface area contributed by atoms with Gasteiger partial charge in [-0.25, -0.2) is 9.38 Å². The molecule has 3 heterocycles. The lowest BCUT2D eigenvalue weighted by Crippen LogP contribution is -2.17. The molecule has 30 heavy (non-hydrogen) atoms. The van der Waals surface area contributed by atoms with Crippen LogP contribution in [0.5, 0.6) is 0 Å². The predicted octanol–water partition coefficient (Wildman–Crippen LogP) is 1.60. The van der Waals surface area contributed by atoms with Crippen molar-refractivity contribution in [2.24, 2.45) is 5.92 Å². The Morgan fingerprint density at radius 1 is 1.30 bits per heavy atom. The summed E-state index contributed by atoms with van der Waals surface area (Å²) in [6.45, 7) is 3.89. The van der Waals surface area contributed by atoms with Gasteiger partial charge in [-0.1, -0.05) is 26.0 Å². The molecule has 0 aliphatic carbocycles. The van der Waals surface area contributed by atoms with E-state index in [-0.39, 0.29) is 42.8 Å². The number of aliphatic hydroxyl groups excluding tert-OH is 1. The fourth-order valence-corrected chi connectivity index (χ4v) is 2.99. The number of carbonyl (C=O) groups is 1. The zero-order valence-corrected chi connectivity index (χ0v) is 16.6. The second kappa shape index (κ2) is 8.09. The smallest absolute Gasteiger partial charge is 0.287 e. The number of hydrogen-bond acceptors (Lipinski definition) is 6. The summed E-state index contributed by atoms with van der Waals surface area (Å²) in [7, 11) is 0. The molecule has 3 aromatic heterocycles. The van der Waals surface area contributed by atoms with Crippen LogP contribution in [-0.4, -0.2) is 48.1 Å². The van der Waals surface area contributed by atoms with Crippen molar-refractivity contribution < 1.29 is 14.6 Å². The molecule has 0 unspecified atom stereocenters. The van der Waals surface area contributed by atoms with Crippen LogP contribution in [0.2, 0.25) is 0 Å². The summed E-state index contributed by atoms with van der Waals surface area (Å²) < 4.78 is 8.32. The van der Waals surface area contributed by atoms with Gasteiger partial charge in [0.25, 0.3) is 5.56 Å². The number of aromatic nitrogens is 5. The molecule has 3 N–H and O–H groups in total. The highest BCUT2D eigenvalue weighted by Crippen LogP contribution is 2.21. The lowest BCUT2D eigenvalue weighted by Gasteiger charge is -2.07. The van der Waals surface area contributed by atoms with Gasteiger partial charge in [-0.05, 0) is 17.7 Å². The summed E-state index contributed by atoms with van der Waals surface area (Å²) >= 11 is 0. The number of rotatable bonds is 7. The minimum atomic E-state index is -0.292. The third kappa shape index (κ3) is 3.70. The van der Waals surface area contributed by atoms with Gasteiger partial charge in [0.1, 0.15) is 6.73 Å². The molecule has 10 heteroatoms. The van der Waals surface area contributed by atoms with Crippen molar-refractivity contribution in [3.63, 3.8) is 0 Å². The monoisotopic (exact) mass is 410 g/mol. The summed E-state index contributed by atoms with van der Waals surface area (Å²) in [5.41, 5.74) is 2.59. The highest BCUT2D eigenvalue weighted by Gasteiger charge is 2.14. The summed E-state index contributed by atoms with van der Waals surface area (Å²) in [6, 6.07) is 7.32. The van der Waals surface area contributed by atoms with Crippen LogP contribution >= 0.6 is 0 Å². The molecular weight excluding hydrogens is 388 g/mol. The van der Waals surface area contributed by atoms with E-state index >= 15 is 0 Å². The summed E-state index contributed by atoms with van der Waals surface area (Å²) in [6.07, 6.45) is 3.16. The average Bonchev–Trinajstić information content (AvgIpc) is 3.34. The maximum atomic E-state index is 12.8.